The highest BCUT2D eigenvalue weighted by atomic mass is 35.5. The van der Waals surface area contributed by atoms with Gasteiger partial charge in [0.2, 0.25) is 11.8 Å². The number of fused-ring (bicyclic) bond motifs is 2. The lowest BCUT2D eigenvalue weighted by Crippen LogP contribution is -2.35. The van der Waals surface area contributed by atoms with Crippen molar-refractivity contribution in [2.75, 3.05) is 37.4 Å². The van der Waals surface area contributed by atoms with Crippen molar-refractivity contribution in [2.45, 2.75) is 12.8 Å². The van der Waals surface area contributed by atoms with E-state index in [1.807, 2.05) is 55.4 Å². The normalized spacial score (nSPS) is 15.1. The molecule has 0 fully saturated rings. The average Bonchev–Trinajstić information content (AvgIpc) is 3.36. The summed E-state index contributed by atoms with van der Waals surface area (Å²) in [4.78, 5) is 46.3. The van der Waals surface area contributed by atoms with Crippen LogP contribution < -0.4 is 16.0 Å². The van der Waals surface area contributed by atoms with E-state index in [0.717, 1.165) is 17.8 Å². The van der Waals surface area contributed by atoms with Gasteiger partial charge in [-0.3, -0.25) is 19.1 Å². The van der Waals surface area contributed by atoms with Crippen LogP contribution in [0.25, 0.3) is 11.1 Å². The first kappa shape index (κ1) is 26.4. The van der Waals surface area contributed by atoms with Crippen molar-refractivity contribution in [3.63, 3.8) is 0 Å². The molecular formula is C29H28ClN5O4. The summed E-state index contributed by atoms with van der Waals surface area (Å²) in [6.07, 6.45) is 0. The van der Waals surface area contributed by atoms with E-state index in [0.29, 0.717) is 45.3 Å². The Hall–Kier alpha value is -4.21. The van der Waals surface area contributed by atoms with Crippen LogP contribution in [-0.2, 0) is 16.6 Å². The van der Waals surface area contributed by atoms with Gasteiger partial charge >= 0.3 is 5.76 Å². The van der Waals surface area contributed by atoms with Crippen LogP contribution in [-0.4, -0.2) is 54.2 Å². The standard InChI is InChI=1S/C29H28ClN5O4/c1-17(36)35(14-13-33(2)3)21-9-7-20(8-10-21)31-27(18-5-12-24-25(15-18)39-29(38)34(24)4)26-22-11-6-19(30)16-23(22)32-28(26)37/h5-12,15-16,26H,13-14H2,1-4H3,(H,32,37). The molecule has 0 radical (unpaired) electrons. The number of nitrogens with zero attached hydrogens (tertiary/aromatic N) is 4. The molecule has 5 rings (SSSR count). The molecule has 0 aliphatic carbocycles. The summed E-state index contributed by atoms with van der Waals surface area (Å²) in [7, 11) is 5.55. The maximum Gasteiger partial charge on any atom is 0.419 e. The topological polar surface area (TPSA) is 100 Å². The van der Waals surface area contributed by atoms with Gasteiger partial charge in [-0.25, -0.2) is 4.79 Å². The van der Waals surface area contributed by atoms with Gasteiger partial charge < -0.3 is 19.5 Å². The second-order valence-corrected chi connectivity index (χ2v) is 10.2. The molecule has 0 saturated heterocycles. The minimum absolute atomic E-state index is 0.0515. The first-order valence-corrected chi connectivity index (χ1v) is 12.8. The number of carbonyl (C=O) groups excluding carboxylic acids is 2. The summed E-state index contributed by atoms with van der Waals surface area (Å²) < 4.78 is 6.83. The molecule has 1 N–H and O–H groups in total. The van der Waals surface area contributed by atoms with Crippen LogP contribution in [0.1, 0.15) is 24.0 Å². The summed E-state index contributed by atoms with van der Waals surface area (Å²) in [5.74, 6) is -1.47. The number of hydrogen-bond donors (Lipinski definition) is 1. The molecule has 1 aliphatic rings. The van der Waals surface area contributed by atoms with Gasteiger partial charge in [0.15, 0.2) is 5.58 Å². The minimum atomic E-state index is -0.710. The molecule has 3 aromatic carbocycles. The summed E-state index contributed by atoms with van der Waals surface area (Å²) in [5, 5.41) is 3.42. The van der Waals surface area contributed by atoms with Crippen LogP contribution >= 0.6 is 11.6 Å². The molecule has 10 heteroatoms. The van der Waals surface area contributed by atoms with Gasteiger partial charge in [0.1, 0.15) is 5.92 Å². The molecule has 1 unspecified atom stereocenters. The van der Waals surface area contributed by atoms with E-state index in [2.05, 4.69) is 5.32 Å². The molecule has 200 valence electrons. The second kappa shape index (κ2) is 10.5. The van der Waals surface area contributed by atoms with Gasteiger partial charge in [0.25, 0.3) is 0 Å². The number of hydrogen-bond acceptors (Lipinski definition) is 6. The number of nitrogens with one attached hydrogen (secondary N) is 1. The Labute approximate surface area is 230 Å². The second-order valence-electron chi connectivity index (χ2n) is 9.75. The predicted octanol–water partition coefficient (Wildman–Crippen LogP) is 4.56. The Morgan fingerprint density at radius 3 is 2.49 bits per heavy atom. The third kappa shape index (κ3) is 5.23. The van der Waals surface area contributed by atoms with Gasteiger partial charge in [0.05, 0.1) is 16.9 Å². The molecule has 2 amide bonds. The molecule has 0 saturated carbocycles. The SMILES string of the molecule is CC(=O)N(CCN(C)C)c1ccc(N=C(c2ccc3c(c2)oc(=O)n3C)C2C(=O)Nc3cc(Cl)ccc32)cc1. The van der Waals surface area contributed by atoms with E-state index in [4.69, 9.17) is 21.0 Å². The van der Waals surface area contributed by atoms with Crippen molar-refractivity contribution >= 4 is 57.3 Å². The maximum absolute atomic E-state index is 13.3. The number of likely N-dealkylation sites (N-methyl/N-ethyl adjacent to an activating group) is 1. The van der Waals surface area contributed by atoms with Crippen molar-refractivity contribution in [1.82, 2.24) is 9.47 Å². The number of carbonyl (C=O) groups is 2. The van der Waals surface area contributed by atoms with Gasteiger partial charge in [-0.2, -0.15) is 0 Å². The first-order valence-electron chi connectivity index (χ1n) is 12.4. The van der Waals surface area contributed by atoms with Crippen molar-refractivity contribution in [3.8, 4) is 0 Å². The highest BCUT2D eigenvalue weighted by molar-refractivity contribution is 6.31. The number of oxazole rings is 1. The highest BCUT2D eigenvalue weighted by Crippen LogP contribution is 2.38. The lowest BCUT2D eigenvalue weighted by Gasteiger charge is -2.23. The molecule has 39 heavy (non-hydrogen) atoms. The van der Waals surface area contributed by atoms with E-state index in [9.17, 15) is 14.4 Å². The van der Waals surface area contributed by atoms with E-state index in [-0.39, 0.29) is 11.8 Å². The Morgan fingerprint density at radius 1 is 1.05 bits per heavy atom. The van der Waals surface area contributed by atoms with Crippen LogP contribution in [0.5, 0.6) is 0 Å². The molecule has 4 aromatic rings. The number of aromatic nitrogens is 1. The van der Waals surface area contributed by atoms with Crippen LogP contribution in [0.4, 0.5) is 17.1 Å². The highest BCUT2D eigenvalue weighted by Gasteiger charge is 2.36. The van der Waals surface area contributed by atoms with E-state index < -0.39 is 11.7 Å². The summed E-state index contributed by atoms with van der Waals surface area (Å²) in [6, 6.07) is 17.9. The Kier molecular flexibility index (Phi) is 7.12. The zero-order valence-corrected chi connectivity index (χ0v) is 22.8. The van der Waals surface area contributed by atoms with Gasteiger partial charge in [-0.05, 0) is 68.2 Å². The van der Waals surface area contributed by atoms with Crippen LogP contribution in [0, 0.1) is 0 Å². The Bertz CT molecular complexity index is 1670. The van der Waals surface area contributed by atoms with Crippen LogP contribution in [0.3, 0.4) is 0 Å². The smallest absolute Gasteiger partial charge is 0.408 e. The number of rotatable bonds is 7. The van der Waals surface area contributed by atoms with Crippen LogP contribution in [0.15, 0.2) is 74.9 Å². The molecule has 1 aliphatic heterocycles. The van der Waals surface area contributed by atoms with E-state index in [1.54, 1.807) is 43.1 Å². The fourth-order valence-corrected chi connectivity index (χ4v) is 4.88. The lowest BCUT2D eigenvalue weighted by molar-refractivity contribution is -0.117. The quantitative estimate of drug-likeness (QED) is 0.343. The zero-order chi connectivity index (χ0) is 27.8. The van der Waals surface area contributed by atoms with Crippen molar-refractivity contribution in [3.05, 3.63) is 87.4 Å². The monoisotopic (exact) mass is 545 g/mol. The molecule has 1 atom stereocenters. The minimum Gasteiger partial charge on any atom is -0.408 e. The van der Waals surface area contributed by atoms with Gasteiger partial charge in [-0.1, -0.05) is 23.7 Å². The van der Waals surface area contributed by atoms with Crippen LogP contribution in [0.2, 0.25) is 5.02 Å². The van der Waals surface area contributed by atoms with Crippen molar-refractivity contribution in [1.29, 1.82) is 0 Å². The number of aliphatic imine (C=N–C) groups is 1. The zero-order valence-electron chi connectivity index (χ0n) is 22.1. The largest absolute Gasteiger partial charge is 0.419 e. The first-order chi connectivity index (χ1) is 18.6. The summed E-state index contributed by atoms with van der Waals surface area (Å²) in [6.45, 7) is 2.82. The number of anilines is 2. The fourth-order valence-electron chi connectivity index (χ4n) is 4.71. The van der Waals surface area contributed by atoms with E-state index >= 15 is 0 Å². The third-order valence-corrected chi connectivity index (χ3v) is 7.00. The van der Waals surface area contributed by atoms with Crippen molar-refractivity contribution < 1.29 is 14.0 Å². The fraction of sp³-hybridized carbons (Fsp3) is 0.241. The van der Waals surface area contributed by atoms with Gasteiger partial charge in [-0.15, -0.1) is 0 Å². The van der Waals surface area contributed by atoms with Crippen molar-refractivity contribution in [2.24, 2.45) is 12.0 Å². The number of amides is 2. The maximum atomic E-state index is 13.3. The Morgan fingerprint density at radius 2 is 1.79 bits per heavy atom. The predicted molar refractivity (Wildman–Crippen MR) is 153 cm³/mol. The lowest BCUT2D eigenvalue weighted by atomic mass is 9.90. The molecule has 9 nitrogen and oxygen atoms in total. The number of aryl methyl sites for hydroxylation is 1. The number of halogens is 1. The van der Waals surface area contributed by atoms with Gasteiger partial charge in [0, 0.05) is 49.0 Å². The molecular weight excluding hydrogens is 518 g/mol. The molecule has 2 heterocycles. The molecule has 0 bridgehead atoms. The summed E-state index contributed by atoms with van der Waals surface area (Å²) in [5.41, 5.74) is 4.91. The Balaban J connectivity index is 1.60. The average molecular weight is 546 g/mol. The van der Waals surface area contributed by atoms with E-state index in [1.165, 1.54) is 4.57 Å². The third-order valence-electron chi connectivity index (χ3n) is 6.77. The summed E-state index contributed by atoms with van der Waals surface area (Å²) >= 11 is 6.17. The molecule has 1 aromatic heterocycles. The number of benzene rings is 3. The molecule has 0 spiro atoms.